The molecule has 2 aromatic rings. The Morgan fingerprint density at radius 1 is 0.583 bits per heavy atom. The fourth-order valence-corrected chi connectivity index (χ4v) is 2.59. The lowest BCUT2D eigenvalue weighted by atomic mass is 9.98. The summed E-state index contributed by atoms with van der Waals surface area (Å²) < 4.78 is 21.5. The van der Waals surface area contributed by atoms with Crippen LogP contribution in [0.1, 0.15) is 20.7 Å². The van der Waals surface area contributed by atoms with Crippen molar-refractivity contribution >= 4 is 12.6 Å². The van der Waals surface area contributed by atoms with Gasteiger partial charge in [-0.15, -0.1) is 0 Å². The summed E-state index contributed by atoms with van der Waals surface area (Å²) in [6.45, 7) is 0. The van der Waals surface area contributed by atoms with E-state index in [4.69, 9.17) is 18.9 Å². The maximum atomic E-state index is 11.2. The van der Waals surface area contributed by atoms with Crippen molar-refractivity contribution < 1.29 is 28.5 Å². The highest BCUT2D eigenvalue weighted by molar-refractivity contribution is 5.91. The summed E-state index contributed by atoms with van der Waals surface area (Å²) in [6.07, 6.45) is 1.39. The molecule has 0 radical (unpaired) electrons. The summed E-state index contributed by atoms with van der Waals surface area (Å²) in [5, 5.41) is 0. The molecule has 24 heavy (non-hydrogen) atoms. The van der Waals surface area contributed by atoms with Crippen LogP contribution in [0, 0.1) is 0 Å². The predicted molar refractivity (Wildman–Crippen MR) is 88.9 cm³/mol. The second kappa shape index (κ2) is 7.50. The normalized spacial score (nSPS) is 10.0. The van der Waals surface area contributed by atoms with Crippen molar-refractivity contribution in [1.29, 1.82) is 0 Å². The van der Waals surface area contributed by atoms with Crippen molar-refractivity contribution in [2.24, 2.45) is 0 Å². The molecule has 0 aliphatic carbocycles. The average molecular weight is 330 g/mol. The summed E-state index contributed by atoms with van der Waals surface area (Å²) in [5.74, 6) is 1.43. The minimum absolute atomic E-state index is 0.325. The topological polar surface area (TPSA) is 71.1 Å². The van der Waals surface area contributed by atoms with E-state index < -0.39 is 0 Å². The number of rotatable bonds is 7. The van der Waals surface area contributed by atoms with E-state index in [0.29, 0.717) is 57.8 Å². The first-order valence-electron chi connectivity index (χ1n) is 7.07. The Hall–Kier alpha value is -3.02. The number of methoxy groups -OCH3 is 4. The quantitative estimate of drug-likeness (QED) is 0.727. The van der Waals surface area contributed by atoms with E-state index in [1.54, 1.807) is 24.3 Å². The molecule has 0 spiro atoms. The lowest BCUT2D eigenvalue weighted by Gasteiger charge is -2.18. The van der Waals surface area contributed by atoms with Crippen LogP contribution in [-0.2, 0) is 0 Å². The van der Waals surface area contributed by atoms with E-state index in [1.165, 1.54) is 28.4 Å². The summed E-state index contributed by atoms with van der Waals surface area (Å²) in [7, 11) is 5.89. The summed E-state index contributed by atoms with van der Waals surface area (Å²) >= 11 is 0. The molecule has 6 heteroatoms. The molecular weight excluding hydrogens is 312 g/mol. The minimum atomic E-state index is 0.325. The van der Waals surface area contributed by atoms with E-state index in [1.807, 2.05) is 0 Å². The van der Waals surface area contributed by atoms with Gasteiger partial charge in [-0.3, -0.25) is 9.59 Å². The van der Waals surface area contributed by atoms with Gasteiger partial charge in [0.05, 0.1) is 39.6 Å². The first-order chi connectivity index (χ1) is 11.7. The molecule has 0 atom stereocenters. The molecule has 126 valence electrons. The van der Waals surface area contributed by atoms with Gasteiger partial charge in [0.1, 0.15) is 0 Å². The van der Waals surface area contributed by atoms with Gasteiger partial charge >= 0.3 is 0 Å². The molecule has 0 saturated carbocycles. The fraction of sp³-hybridized carbons (Fsp3) is 0.222. The summed E-state index contributed by atoms with van der Waals surface area (Å²) in [4.78, 5) is 22.4. The number of benzene rings is 2. The maximum Gasteiger partial charge on any atom is 0.171 e. The van der Waals surface area contributed by atoms with Gasteiger partial charge in [-0.05, 0) is 24.3 Å². The van der Waals surface area contributed by atoms with Crippen LogP contribution in [0.25, 0.3) is 11.1 Å². The van der Waals surface area contributed by atoms with Crippen LogP contribution < -0.4 is 18.9 Å². The van der Waals surface area contributed by atoms with Crippen molar-refractivity contribution in [2.45, 2.75) is 0 Å². The third kappa shape index (κ3) is 2.78. The van der Waals surface area contributed by atoms with Crippen molar-refractivity contribution in [3.05, 3.63) is 35.4 Å². The summed E-state index contributed by atoms with van der Waals surface area (Å²) in [6, 6.07) is 6.71. The van der Waals surface area contributed by atoms with Crippen molar-refractivity contribution in [1.82, 2.24) is 0 Å². The van der Waals surface area contributed by atoms with Gasteiger partial charge in [0.2, 0.25) is 0 Å². The van der Waals surface area contributed by atoms with Gasteiger partial charge < -0.3 is 18.9 Å². The second-order valence-electron chi connectivity index (χ2n) is 4.77. The molecule has 0 N–H and O–H groups in total. The zero-order chi connectivity index (χ0) is 17.7. The third-order valence-electron chi connectivity index (χ3n) is 3.65. The predicted octanol–water partition coefficient (Wildman–Crippen LogP) is 3.01. The van der Waals surface area contributed by atoms with Gasteiger partial charge in [0.15, 0.2) is 35.6 Å². The minimum Gasteiger partial charge on any atom is -0.492 e. The van der Waals surface area contributed by atoms with Crippen molar-refractivity contribution in [3.8, 4) is 34.1 Å². The zero-order valence-corrected chi connectivity index (χ0v) is 13.9. The Balaban J connectivity index is 2.81. The van der Waals surface area contributed by atoms with Crippen LogP contribution in [-0.4, -0.2) is 41.0 Å². The Morgan fingerprint density at radius 3 is 1.17 bits per heavy atom. The molecule has 2 aromatic carbocycles. The van der Waals surface area contributed by atoms with E-state index in [0.717, 1.165) is 0 Å². The average Bonchev–Trinajstić information content (AvgIpc) is 2.64. The van der Waals surface area contributed by atoms with E-state index >= 15 is 0 Å². The maximum absolute atomic E-state index is 11.2. The van der Waals surface area contributed by atoms with E-state index in [2.05, 4.69) is 0 Å². The van der Waals surface area contributed by atoms with Gasteiger partial charge in [-0.2, -0.15) is 0 Å². The molecule has 0 aromatic heterocycles. The molecule has 0 bridgehead atoms. The second-order valence-corrected chi connectivity index (χ2v) is 4.77. The molecule has 0 unspecified atom stereocenters. The third-order valence-corrected chi connectivity index (χ3v) is 3.65. The Kier molecular flexibility index (Phi) is 5.42. The van der Waals surface area contributed by atoms with Crippen molar-refractivity contribution in [2.75, 3.05) is 28.4 Å². The standard InChI is InChI=1S/C18H18O6/c1-21-15-11(9-19)5-7-13(17(15)23-3)14-8-6-12(10-20)16(22-2)18(14)24-4/h5-10H,1-4H3. The van der Waals surface area contributed by atoms with Crippen LogP contribution >= 0.6 is 0 Å². The number of carbonyl (C=O) groups is 2. The van der Waals surface area contributed by atoms with Gasteiger partial charge in [0.25, 0.3) is 0 Å². The fourth-order valence-electron chi connectivity index (χ4n) is 2.59. The molecule has 0 heterocycles. The number of ether oxygens (including phenoxy) is 4. The molecular formula is C18H18O6. The Bertz CT molecular complexity index is 701. The lowest BCUT2D eigenvalue weighted by molar-refractivity contribution is 0.111. The molecule has 0 amide bonds. The van der Waals surface area contributed by atoms with Gasteiger partial charge in [-0.1, -0.05) is 0 Å². The zero-order valence-electron chi connectivity index (χ0n) is 13.9. The molecule has 0 saturated heterocycles. The van der Waals surface area contributed by atoms with Crippen LogP contribution in [0.2, 0.25) is 0 Å². The molecule has 0 aliphatic rings. The Labute approximate surface area is 139 Å². The van der Waals surface area contributed by atoms with Crippen LogP contribution in [0.3, 0.4) is 0 Å². The number of carbonyl (C=O) groups excluding carboxylic acids is 2. The van der Waals surface area contributed by atoms with E-state index in [9.17, 15) is 9.59 Å². The lowest BCUT2D eigenvalue weighted by Crippen LogP contribution is -2.01. The molecule has 6 nitrogen and oxygen atoms in total. The molecule has 2 rings (SSSR count). The van der Waals surface area contributed by atoms with Crippen LogP contribution in [0.5, 0.6) is 23.0 Å². The number of aldehydes is 2. The van der Waals surface area contributed by atoms with Gasteiger partial charge in [0, 0.05) is 11.1 Å². The molecule has 0 aliphatic heterocycles. The van der Waals surface area contributed by atoms with Crippen LogP contribution in [0.15, 0.2) is 24.3 Å². The van der Waals surface area contributed by atoms with Gasteiger partial charge in [-0.25, -0.2) is 0 Å². The monoisotopic (exact) mass is 330 g/mol. The highest BCUT2D eigenvalue weighted by Gasteiger charge is 2.22. The summed E-state index contributed by atoms with van der Waals surface area (Å²) in [5.41, 5.74) is 2.03. The number of hydrogen-bond acceptors (Lipinski definition) is 6. The first-order valence-corrected chi connectivity index (χ1v) is 7.07. The van der Waals surface area contributed by atoms with Crippen molar-refractivity contribution in [3.63, 3.8) is 0 Å². The SMILES string of the molecule is COc1c(C=O)ccc(-c2ccc(C=O)c(OC)c2OC)c1OC. The highest BCUT2D eigenvalue weighted by atomic mass is 16.5. The van der Waals surface area contributed by atoms with Crippen LogP contribution in [0.4, 0.5) is 0 Å². The first kappa shape index (κ1) is 17.3. The number of hydrogen-bond donors (Lipinski definition) is 0. The Morgan fingerprint density at radius 2 is 0.917 bits per heavy atom. The largest absolute Gasteiger partial charge is 0.492 e. The van der Waals surface area contributed by atoms with E-state index in [-0.39, 0.29) is 0 Å². The smallest absolute Gasteiger partial charge is 0.171 e. The highest BCUT2D eigenvalue weighted by Crippen LogP contribution is 2.46. The molecule has 0 fully saturated rings.